The molecule has 0 saturated heterocycles. The summed E-state index contributed by atoms with van der Waals surface area (Å²) in [5.41, 5.74) is 9.66. The fraction of sp³-hybridized carbons (Fsp3) is 0.375. The van der Waals surface area contributed by atoms with Crippen molar-refractivity contribution in [1.29, 1.82) is 0 Å². The second kappa shape index (κ2) is 7.43. The lowest BCUT2D eigenvalue weighted by molar-refractivity contribution is 0.696. The lowest BCUT2D eigenvalue weighted by Gasteiger charge is -2.06. The van der Waals surface area contributed by atoms with Crippen LogP contribution in [0.1, 0.15) is 28.5 Å². The maximum Gasteiger partial charge on any atom is 0.0305 e. The van der Waals surface area contributed by atoms with Crippen LogP contribution in [0.4, 0.5) is 0 Å². The highest BCUT2D eigenvalue weighted by Crippen LogP contribution is 2.17. The van der Waals surface area contributed by atoms with Crippen LogP contribution in [0.3, 0.4) is 0 Å². The molecule has 0 amide bonds. The third kappa shape index (κ3) is 4.16. The predicted octanol–water partition coefficient (Wildman–Crippen LogP) is 3.10. The van der Waals surface area contributed by atoms with Crippen LogP contribution in [0.5, 0.6) is 0 Å². The van der Waals surface area contributed by atoms with Gasteiger partial charge in [-0.25, -0.2) is 0 Å². The van der Waals surface area contributed by atoms with Crippen molar-refractivity contribution >= 4 is 11.3 Å². The lowest BCUT2D eigenvalue weighted by Crippen LogP contribution is -2.12. The molecule has 1 aromatic carbocycles. The third-order valence-electron chi connectivity index (χ3n) is 3.29. The molecule has 1 heterocycles. The zero-order valence-electron chi connectivity index (χ0n) is 11.5. The molecule has 0 bridgehead atoms. The van der Waals surface area contributed by atoms with Crippen LogP contribution in [0.2, 0.25) is 0 Å². The van der Waals surface area contributed by atoms with Crippen molar-refractivity contribution in [3.8, 4) is 0 Å². The third-order valence-corrected chi connectivity index (χ3v) is 4.25. The van der Waals surface area contributed by atoms with Gasteiger partial charge in [0.25, 0.3) is 0 Å². The summed E-state index contributed by atoms with van der Waals surface area (Å²) in [6, 6.07) is 10.9. The molecule has 0 spiro atoms. The molecule has 0 unspecified atom stereocenters. The molecule has 2 aromatic rings. The first kappa shape index (κ1) is 14.3. The van der Waals surface area contributed by atoms with Gasteiger partial charge in [0.05, 0.1) is 0 Å². The monoisotopic (exact) mass is 274 g/mol. The van der Waals surface area contributed by atoms with Crippen molar-refractivity contribution < 1.29 is 0 Å². The average molecular weight is 274 g/mol. The quantitative estimate of drug-likeness (QED) is 0.814. The fourth-order valence-corrected chi connectivity index (χ4v) is 3.09. The Labute approximate surface area is 119 Å². The summed E-state index contributed by atoms with van der Waals surface area (Å²) in [7, 11) is 0. The van der Waals surface area contributed by atoms with E-state index < -0.39 is 0 Å². The SMILES string of the molecule is CCc1ccsc1CNCc1ccc(CCN)cc1. The van der Waals surface area contributed by atoms with Crippen LogP contribution in [0.15, 0.2) is 35.7 Å². The molecule has 0 radical (unpaired) electrons. The Balaban J connectivity index is 1.82. The Morgan fingerprint density at radius 3 is 2.47 bits per heavy atom. The van der Waals surface area contributed by atoms with Crippen molar-refractivity contribution in [3.05, 3.63) is 57.3 Å². The molecule has 0 atom stereocenters. The maximum atomic E-state index is 5.55. The van der Waals surface area contributed by atoms with E-state index in [1.807, 2.05) is 11.3 Å². The Morgan fingerprint density at radius 2 is 1.79 bits per heavy atom. The Morgan fingerprint density at radius 1 is 1.05 bits per heavy atom. The molecule has 2 rings (SSSR count). The Kier molecular flexibility index (Phi) is 5.58. The van der Waals surface area contributed by atoms with Crippen LogP contribution >= 0.6 is 11.3 Å². The summed E-state index contributed by atoms with van der Waals surface area (Å²) < 4.78 is 0. The summed E-state index contributed by atoms with van der Waals surface area (Å²) in [6.07, 6.45) is 2.08. The minimum Gasteiger partial charge on any atom is -0.330 e. The first-order valence-corrected chi connectivity index (χ1v) is 7.75. The second-order valence-electron chi connectivity index (χ2n) is 4.68. The number of hydrogen-bond acceptors (Lipinski definition) is 3. The minimum absolute atomic E-state index is 0.718. The topological polar surface area (TPSA) is 38.0 Å². The van der Waals surface area contributed by atoms with Gasteiger partial charge in [-0.3, -0.25) is 0 Å². The molecule has 102 valence electrons. The number of hydrogen-bond donors (Lipinski definition) is 2. The molecule has 1 aromatic heterocycles. The first-order chi connectivity index (χ1) is 9.33. The second-order valence-corrected chi connectivity index (χ2v) is 5.68. The summed E-state index contributed by atoms with van der Waals surface area (Å²) >= 11 is 1.84. The van der Waals surface area contributed by atoms with E-state index in [4.69, 9.17) is 5.73 Å². The van der Waals surface area contributed by atoms with Crippen molar-refractivity contribution in [1.82, 2.24) is 5.32 Å². The van der Waals surface area contributed by atoms with E-state index >= 15 is 0 Å². The zero-order valence-corrected chi connectivity index (χ0v) is 12.3. The van der Waals surface area contributed by atoms with Crippen molar-refractivity contribution in [2.75, 3.05) is 6.54 Å². The molecule has 0 aliphatic carbocycles. The van der Waals surface area contributed by atoms with Gasteiger partial charge in [-0.15, -0.1) is 11.3 Å². The van der Waals surface area contributed by atoms with Crippen LogP contribution in [0, 0.1) is 0 Å². The van der Waals surface area contributed by atoms with Crippen LogP contribution in [0.25, 0.3) is 0 Å². The van der Waals surface area contributed by atoms with E-state index in [0.717, 1.165) is 32.5 Å². The van der Waals surface area contributed by atoms with Gasteiger partial charge in [0, 0.05) is 18.0 Å². The highest BCUT2D eigenvalue weighted by molar-refractivity contribution is 7.10. The Hall–Kier alpha value is -1.16. The highest BCUT2D eigenvalue weighted by Gasteiger charge is 2.01. The van der Waals surface area contributed by atoms with E-state index in [1.165, 1.54) is 21.6 Å². The van der Waals surface area contributed by atoms with E-state index in [2.05, 4.69) is 48.0 Å². The van der Waals surface area contributed by atoms with Gasteiger partial charge in [0.2, 0.25) is 0 Å². The largest absolute Gasteiger partial charge is 0.330 e. The van der Waals surface area contributed by atoms with Crippen LogP contribution in [-0.2, 0) is 25.9 Å². The lowest BCUT2D eigenvalue weighted by atomic mass is 10.1. The molecule has 3 N–H and O–H groups in total. The van der Waals surface area contributed by atoms with Crippen molar-refractivity contribution in [2.45, 2.75) is 32.9 Å². The highest BCUT2D eigenvalue weighted by atomic mass is 32.1. The number of nitrogens with two attached hydrogens (primary N) is 1. The summed E-state index contributed by atoms with van der Waals surface area (Å²) in [4.78, 5) is 1.46. The molecule has 0 saturated carbocycles. The predicted molar refractivity (Wildman–Crippen MR) is 83.4 cm³/mol. The number of benzene rings is 1. The van der Waals surface area contributed by atoms with Crippen molar-refractivity contribution in [3.63, 3.8) is 0 Å². The van der Waals surface area contributed by atoms with E-state index in [-0.39, 0.29) is 0 Å². The molecule has 0 aliphatic rings. The van der Waals surface area contributed by atoms with Crippen molar-refractivity contribution in [2.24, 2.45) is 5.73 Å². The first-order valence-electron chi connectivity index (χ1n) is 6.87. The van der Waals surface area contributed by atoms with E-state index in [9.17, 15) is 0 Å². The van der Waals surface area contributed by atoms with E-state index in [1.54, 1.807) is 0 Å². The average Bonchev–Trinajstić information content (AvgIpc) is 2.88. The number of rotatable bonds is 7. The maximum absolute atomic E-state index is 5.55. The molecule has 3 heteroatoms. The van der Waals surface area contributed by atoms with Gasteiger partial charge in [0.15, 0.2) is 0 Å². The van der Waals surface area contributed by atoms with E-state index in [0.29, 0.717) is 0 Å². The number of nitrogens with one attached hydrogen (secondary N) is 1. The molecule has 2 nitrogen and oxygen atoms in total. The zero-order chi connectivity index (χ0) is 13.5. The summed E-state index contributed by atoms with van der Waals surface area (Å²) in [6.45, 7) is 4.81. The number of thiophene rings is 1. The van der Waals surface area contributed by atoms with Gasteiger partial charge in [-0.2, -0.15) is 0 Å². The normalized spacial score (nSPS) is 10.8. The molecule has 19 heavy (non-hydrogen) atoms. The molecular weight excluding hydrogens is 252 g/mol. The summed E-state index contributed by atoms with van der Waals surface area (Å²) in [5, 5.41) is 5.69. The van der Waals surface area contributed by atoms with Gasteiger partial charge in [-0.1, -0.05) is 31.2 Å². The van der Waals surface area contributed by atoms with Gasteiger partial charge in [0.1, 0.15) is 0 Å². The van der Waals surface area contributed by atoms with Gasteiger partial charge < -0.3 is 11.1 Å². The van der Waals surface area contributed by atoms with Crippen LogP contribution < -0.4 is 11.1 Å². The Bertz CT molecular complexity index is 488. The smallest absolute Gasteiger partial charge is 0.0305 e. The summed E-state index contributed by atoms with van der Waals surface area (Å²) in [5.74, 6) is 0. The standard InChI is InChI=1S/C16H22N2S/c1-2-15-8-10-19-16(15)12-18-11-14-5-3-13(4-6-14)7-9-17/h3-6,8,10,18H,2,7,9,11-12,17H2,1H3. The van der Waals surface area contributed by atoms with Crippen LogP contribution in [-0.4, -0.2) is 6.54 Å². The molecule has 0 fully saturated rings. The van der Waals surface area contributed by atoms with Gasteiger partial charge in [-0.05, 0) is 47.5 Å². The molecular formula is C16H22N2S. The molecule has 0 aliphatic heterocycles. The fourth-order valence-electron chi connectivity index (χ4n) is 2.15. The minimum atomic E-state index is 0.718. The number of aryl methyl sites for hydroxylation is 1. The van der Waals surface area contributed by atoms with Gasteiger partial charge >= 0.3 is 0 Å².